The second kappa shape index (κ2) is 6.62. The summed E-state index contributed by atoms with van der Waals surface area (Å²) in [4.78, 5) is 11.0. The summed E-state index contributed by atoms with van der Waals surface area (Å²) in [6, 6.07) is 7.52. The molecule has 0 saturated heterocycles. The molecular formula is C22H25FO2. The Hall–Kier alpha value is -2.16. The minimum atomic E-state index is -0.502. The van der Waals surface area contributed by atoms with Crippen LogP contribution in [0.4, 0.5) is 4.39 Å². The molecule has 0 N–H and O–H groups in total. The zero-order chi connectivity index (χ0) is 18.2. The third-order valence-corrected chi connectivity index (χ3v) is 4.93. The van der Waals surface area contributed by atoms with E-state index in [0.717, 1.165) is 59.1 Å². The lowest BCUT2D eigenvalue weighted by Crippen LogP contribution is -2.22. The van der Waals surface area contributed by atoms with E-state index in [1.165, 1.54) is 5.56 Å². The number of hydrogen-bond donors (Lipinski definition) is 0. The van der Waals surface area contributed by atoms with Crippen molar-refractivity contribution in [1.82, 2.24) is 0 Å². The van der Waals surface area contributed by atoms with Crippen molar-refractivity contribution in [3.63, 3.8) is 0 Å². The number of carbonyl (C=O) groups is 1. The summed E-state index contributed by atoms with van der Waals surface area (Å²) >= 11 is 0. The van der Waals surface area contributed by atoms with Crippen molar-refractivity contribution in [2.75, 3.05) is 6.61 Å². The molecule has 3 rings (SSSR count). The third-order valence-electron chi connectivity index (χ3n) is 4.93. The van der Waals surface area contributed by atoms with E-state index in [9.17, 15) is 9.18 Å². The zero-order valence-corrected chi connectivity index (χ0v) is 15.4. The molecule has 0 amide bonds. The van der Waals surface area contributed by atoms with E-state index in [0.29, 0.717) is 6.61 Å². The van der Waals surface area contributed by atoms with Gasteiger partial charge in [0.25, 0.3) is 0 Å². The maximum Gasteiger partial charge on any atom is 0.128 e. The third kappa shape index (κ3) is 3.46. The molecule has 0 aromatic heterocycles. The molecule has 0 aliphatic heterocycles. The number of carbonyl (C=O) groups excluding carboxylic acids is 1. The van der Waals surface area contributed by atoms with Crippen LogP contribution in [0.15, 0.2) is 24.3 Å². The van der Waals surface area contributed by atoms with Crippen LogP contribution in [0.25, 0.3) is 11.1 Å². The fourth-order valence-corrected chi connectivity index (χ4v) is 3.63. The van der Waals surface area contributed by atoms with E-state index in [2.05, 4.69) is 13.8 Å². The van der Waals surface area contributed by atoms with Gasteiger partial charge in [-0.25, -0.2) is 4.39 Å². The Bertz CT molecular complexity index is 798. The van der Waals surface area contributed by atoms with Gasteiger partial charge in [-0.15, -0.1) is 0 Å². The lowest BCUT2D eigenvalue weighted by atomic mass is 9.90. The van der Waals surface area contributed by atoms with Crippen molar-refractivity contribution in [1.29, 1.82) is 0 Å². The number of hydrogen-bond acceptors (Lipinski definition) is 2. The summed E-state index contributed by atoms with van der Waals surface area (Å²) in [6.45, 7) is 8.18. The largest absolute Gasteiger partial charge is 0.493 e. The van der Waals surface area contributed by atoms with Gasteiger partial charge in [-0.1, -0.05) is 6.07 Å². The number of halogens is 1. The number of rotatable bonds is 5. The fourth-order valence-electron chi connectivity index (χ4n) is 3.63. The SMILES string of the molecule is Cc1cc(OCC(C)(C)C=O)cc(C)c1-c1ccc(F)c2c1CCC2. The number of aryl methyl sites for hydroxylation is 2. The number of ether oxygens (including phenoxy) is 1. The first-order chi connectivity index (χ1) is 11.8. The summed E-state index contributed by atoms with van der Waals surface area (Å²) < 4.78 is 19.9. The minimum absolute atomic E-state index is 0.0809. The minimum Gasteiger partial charge on any atom is -0.493 e. The highest BCUT2D eigenvalue weighted by Crippen LogP contribution is 2.38. The second-order valence-electron chi connectivity index (χ2n) is 7.73. The molecule has 0 bridgehead atoms. The van der Waals surface area contributed by atoms with Crippen molar-refractivity contribution in [2.24, 2.45) is 5.41 Å². The van der Waals surface area contributed by atoms with Crippen molar-refractivity contribution in [3.8, 4) is 16.9 Å². The van der Waals surface area contributed by atoms with Gasteiger partial charge in [-0.05, 0) is 98.5 Å². The highest BCUT2D eigenvalue weighted by atomic mass is 19.1. The van der Waals surface area contributed by atoms with Crippen molar-refractivity contribution < 1.29 is 13.9 Å². The average molecular weight is 340 g/mol. The van der Waals surface area contributed by atoms with Crippen molar-refractivity contribution in [3.05, 3.63) is 52.3 Å². The highest BCUT2D eigenvalue weighted by Gasteiger charge is 2.22. The van der Waals surface area contributed by atoms with Crippen LogP contribution in [0, 0.1) is 25.1 Å². The van der Waals surface area contributed by atoms with Gasteiger partial charge >= 0.3 is 0 Å². The van der Waals surface area contributed by atoms with Crippen LogP contribution in [0.1, 0.15) is 42.5 Å². The molecule has 2 nitrogen and oxygen atoms in total. The molecule has 0 fully saturated rings. The molecule has 3 heteroatoms. The van der Waals surface area contributed by atoms with Gasteiger partial charge in [0.1, 0.15) is 17.9 Å². The molecule has 2 aromatic rings. The zero-order valence-electron chi connectivity index (χ0n) is 15.4. The number of fused-ring (bicyclic) bond motifs is 1. The first-order valence-corrected chi connectivity index (χ1v) is 8.83. The molecule has 0 atom stereocenters. The quantitative estimate of drug-likeness (QED) is 0.699. The molecule has 0 heterocycles. The van der Waals surface area contributed by atoms with Gasteiger partial charge in [0.15, 0.2) is 0 Å². The Kier molecular flexibility index (Phi) is 4.68. The van der Waals surface area contributed by atoms with Crippen molar-refractivity contribution >= 4 is 6.29 Å². The number of benzene rings is 2. The van der Waals surface area contributed by atoms with Gasteiger partial charge in [0, 0.05) is 0 Å². The van der Waals surface area contributed by atoms with Gasteiger partial charge in [0.2, 0.25) is 0 Å². The van der Waals surface area contributed by atoms with Crippen LogP contribution in [-0.4, -0.2) is 12.9 Å². The molecule has 1 aliphatic carbocycles. The normalized spacial score (nSPS) is 13.6. The van der Waals surface area contributed by atoms with E-state index in [-0.39, 0.29) is 5.82 Å². The van der Waals surface area contributed by atoms with E-state index < -0.39 is 5.41 Å². The Morgan fingerprint density at radius 1 is 1.12 bits per heavy atom. The van der Waals surface area contributed by atoms with Gasteiger partial charge in [-0.3, -0.25) is 0 Å². The van der Waals surface area contributed by atoms with Crippen molar-refractivity contribution in [2.45, 2.75) is 47.0 Å². The van der Waals surface area contributed by atoms with Crippen LogP contribution in [0.2, 0.25) is 0 Å². The van der Waals surface area contributed by atoms with Gasteiger partial charge in [-0.2, -0.15) is 0 Å². The van der Waals surface area contributed by atoms with E-state index in [4.69, 9.17) is 4.74 Å². The van der Waals surface area contributed by atoms with Crippen LogP contribution in [0.3, 0.4) is 0 Å². The Labute approximate surface area is 149 Å². The summed E-state index contributed by atoms with van der Waals surface area (Å²) in [5, 5.41) is 0. The molecule has 132 valence electrons. The summed E-state index contributed by atoms with van der Waals surface area (Å²) in [5.74, 6) is 0.690. The Balaban J connectivity index is 1.97. The first kappa shape index (κ1) is 17.7. The highest BCUT2D eigenvalue weighted by molar-refractivity contribution is 5.76. The standard InChI is InChI=1S/C22H25FO2/c1-14-10-16(25-13-22(3,4)12-24)11-15(2)21(14)19-8-9-20(23)18-7-5-6-17(18)19/h8-12H,5-7,13H2,1-4H3. The second-order valence-corrected chi connectivity index (χ2v) is 7.73. The maximum absolute atomic E-state index is 14.0. The molecule has 0 spiro atoms. The molecule has 2 aromatic carbocycles. The molecule has 1 aliphatic rings. The Morgan fingerprint density at radius 2 is 1.76 bits per heavy atom. The predicted molar refractivity (Wildman–Crippen MR) is 98.7 cm³/mol. The summed E-state index contributed by atoms with van der Waals surface area (Å²) in [6.07, 6.45) is 3.70. The maximum atomic E-state index is 14.0. The fraction of sp³-hybridized carbons (Fsp3) is 0.409. The molecular weight excluding hydrogens is 315 g/mol. The van der Waals surface area contributed by atoms with Crippen LogP contribution in [-0.2, 0) is 17.6 Å². The summed E-state index contributed by atoms with van der Waals surface area (Å²) in [5.41, 5.74) is 6.06. The predicted octanol–water partition coefficient (Wildman–Crippen LogP) is 5.20. The van der Waals surface area contributed by atoms with Crippen LogP contribution < -0.4 is 4.74 Å². The average Bonchev–Trinajstić information content (AvgIpc) is 3.05. The van der Waals surface area contributed by atoms with Crippen LogP contribution in [0.5, 0.6) is 5.75 Å². The van der Waals surface area contributed by atoms with Gasteiger partial charge in [0.05, 0.1) is 12.0 Å². The van der Waals surface area contributed by atoms with Gasteiger partial charge < -0.3 is 9.53 Å². The first-order valence-electron chi connectivity index (χ1n) is 8.83. The van der Waals surface area contributed by atoms with E-state index in [1.807, 2.05) is 32.0 Å². The lowest BCUT2D eigenvalue weighted by Gasteiger charge is -2.20. The number of aldehydes is 1. The molecule has 0 saturated carbocycles. The monoisotopic (exact) mass is 340 g/mol. The topological polar surface area (TPSA) is 26.3 Å². The lowest BCUT2D eigenvalue weighted by molar-refractivity contribution is -0.116. The summed E-state index contributed by atoms with van der Waals surface area (Å²) in [7, 11) is 0. The smallest absolute Gasteiger partial charge is 0.128 e. The van der Waals surface area contributed by atoms with Crippen LogP contribution >= 0.6 is 0 Å². The molecule has 0 unspecified atom stereocenters. The van der Waals surface area contributed by atoms with E-state index in [1.54, 1.807) is 6.07 Å². The molecule has 25 heavy (non-hydrogen) atoms. The van der Waals surface area contributed by atoms with E-state index >= 15 is 0 Å². The Morgan fingerprint density at radius 3 is 2.40 bits per heavy atom. The molecule has 0 radical (unpaired) electrons.